The molecular weight excluding hydrogens is 490 g/mol. The predicted molar refractivity (Wildman–Crippen MR) is 160 cm³/mol. The van der Waals surface area contributed by atoms with Gasteiger partial charge in [-0.3, -0.25) is 14.7 Å². The van der Waals surface area contributed by atoms with Gasteiger partial charge in [0.15, 0.2) is 0 Å². The van der Waals surface area contributed by atoms with Crippen molar-refractivity contribution in [3.8, 4) is 0 Å². The van der Waals surface area contributed by atoms with Crippen molar-refractivity contribution in [3.63, 3.8) is 0 Å². The summed E-state index contributed by atoms with van der Waals surface area (Å²) in [5.74, 6) is 1.27. The number of amidine groups is 1. The highest BCUT2D eigenvalue weighted by Crippen LogP contribution is 2.22. The molecule has 2 atom stereocenters. The normalized spacial score (nSPS) is 22.9. The Bertz CT molecular complexity index is 1170. The third-order valence-electron chi connectivity index (χ3n) is 6.90. The lowest BCUT2D eigenvalue weighted by atomic mass is 10.0. The Morgan fingerprint density at radius 3 is 2.56 bits per heavy atom. The maximum absolute atomic E-state index is 11.9. The zero-order chi connectivity index (χ0) is 28.5. The van der Waals surface area contributed by atoms with Gasteiger partial charge in [-0.1, -0.05) is 13.8 Å². The fraction of sp³-hybridized carbons (Fsp3) is 0.448. The Hall–Kier alpha value is -3.92. The number of hydrogen-bond donors (Lipinski definition) is 5. The van der Waals surface area contributed by atoms with Gasteiger partial charge in [0.2, 0.25) is 5.91 Å². The van der Waals surface area contributed by atoms with Crippen LogP contribution in [0.4, 0.5) is 0 Å². The zero-order valence-electron chi connectivity index (χ0n) is 23.7. The van der Waals surface area contributed by atoms with E-state index in [2.05, 4.69) is 39.4 Å². The third-order valence-corrected chi connectivity index (χ3v) is 6.90. The smallest absolute Gasteiger partial charge is 0.220 e. The van der Waals surface area contributed by atoms with Gasteiger partial charge in [0.1, 0.15) is 11.7 Å². The minimum atomic E-state index is 0.147. The summed E-state index contributed by atoms with van der Waals surface area (Å²) in [6.07, 6.45) is 15.0. The fourth-order valence-electron chi connectivity index (χ4n) is 5.04. The lowest BCUT2D eigenvalue weighted by Gasteiger charge is -2.44. The number of fused-ring (bicyclic) bond motifs is 1. The number of carbonyl (C=O) groups is 1. The first-order valence-corrected chi connectivity index (χ1v) is 13.5. The molecule has 0 aromatic rings. The van der Waals surface area contributed by atoms with Crippen LogP contribution < -0.4 is 22.1 Å². The number of amides is 1. The minimum Gasteiger partial charge on any atom is -0.404 e. The second-order valence-corrected chi connectivity index (χ2v) is 10.4. The van der Waals surface area contributed by atoms with E-state index in [9.17, 15) is 4.79 Å². The van der Waals surface area contributed by atoms with Crippen LogP contribution in [0.3, 0.4) is 0 Å². The Labute approximate surface area is 232 Å². The molecule has 0 aromatic heterocycles. The first kappa shape index (κ1) is 29.6. The third kappa shape index (κ3) is 8.03. The van der Waals surface area contributed by atoms with E-state index in [-0.39, 0.29) is 23.9 Å². The Kier molecular flexibility index (Phi) is 10.4. The average Bonchev–Trinajstić information content (AvgIpc) is 2.88. The number of carbonyl (C=O) groups excluding carboxylic acids is 1. The minimum absolute atomic E-state index is 0.147. The Morgan fingerprint density at radius 1 is 1.23 bits per heavy atom. The van der Waals surface area contributed by atoms with E-state index in [0.717, 1.165) is 54.2 Å². The van der Waals surface area contributed by atoms with Crippen LogP contribution >= 0.6 is 0 Å². The van der Waals surface area contributed by atoms with Crippen LogP contribution in [0.25, 0.3) is 0 Å². The molecule has 1 fully saturated rings. The summed E-state index contributed by atoms with van der Waals surface area (Å²) in [5, 5.41) is 14.1. The highest BCUT2D eigenvalue weighted by Gasteiger charge is 2.30. The monoisotopic (exact) mass is 533 g/mol. The van der Waals surface area contributed by atoms with Crippen LogP contribution in [0.15, 0.2) is 80.6 Å². The van der Waals surface area contributed by atoms with Crippen LogP contribution in [0, 0.1) is 11.3 Å². The predicted octanol–water partition coefficient (Wildman–Crippen LogP) is 2.52. The van der Waals surface area contributed by atoms with Crippen LogP contribution in [0.1, 0.15) is 41.0 Å². The number of rotatable bonds is 10. The van der Waals surface area contributed by atoms with Crippen molar-refractivity contribution in [2.45, 2.75) is 53.1 Å². The zero-order valence-corrected chi connectivity index (χ0v) is 23.7. The molecule has 0 saturated carbocycles. The van der Waals surface area contributed by atoms with E-state index in [1.165, 1.54) is 6.21 Å². The molecule has 0 bridgehead atoms. The van der Waals surface area contributed by atoms with E-state index in [0.29, 0.717) is 18.2 Å². The molecule has 0 radical (unpaired) electrons. The number of dihydropyridines is 2. The van der Waals surface area contributed by atoms with Gasteiger partial charge in [-0.15, -0.1) is 0 Å². The van der Waals surface area contributed by atoms with Gasteiger partial charge in [0.05, 0.1) is 11.4 Å². The summed E-state index contributed by atoms with van der Waals surface area (Å²) in [6, 6.07) is 0.446. The molecule has 7 N–H and O–H groups in total. The maximum Gasteiger partial charge on any atom is 0.220 e. The molecule has 0 aromatic carbocycles. The largest absolute Gasteiger partial charge is 0.404 e. The van der Waals surface area contributed by atoms with Crippen molar-refractivity contribution < 1.29 is 4.79 Å². The number of hydrogen-bond acceptors (Lipinski definition) is 8. The lowest BCUT2D eigenvalue weighted by molar-refractivity contribution is -0.136. The number of nitrogens with zero attached hydrogens (tertiary/aromatic N) is 4. The summed E-state index contributed by atoms with van der Waals surface area (Å²) in [5.41, 5.74) is 16.3. The second kappa shape index (κ2) is 13.7. The standard InChI is InChI=1S/C29H43N9O/c1-19(2)23(13-30)12-28(32)36-29-8-7-26-27(35-29)11-24(16-34-26)25(14-31)15-33-9-6-10-37-17-20(3)38(22(5)39)21(4)18-37/h7-8,11-16,19-21,30,34-35H,6,9-10,17-18,31H2,1-5H3,(H2,32,36)/t20-,21+. The Balaban J connectivity index is 1.55. The van der Waals surface area contributed by atoms with E-state index in [1.807, 2.05) is 49.4 Å². The van der Waals surface area contributed by atoms with Gasteiger partial charge in [0, 0.05) is 81.2 Å². The van der Waals surface area contributed by atoms with Crippen LogP contribution in [0.5, 0.6) is 0 Å². The van der Waals surface area contributed by atoms with Gasteiger partial charge < -0.3 is 32.4 Å². The van der Waals surface area contributed by atoms with Gasteiger partial charge in [-0.05, 0) is 56.1 Å². The average molecular weight is 534 g/mol. The van der Waals surface area contributed by atoms with Crippen LogP contribution in [-0.2, 0) is 4.79 Å². The van der Waals surface area contributed by atoms with Crippen molar-refractivity contribution in [2.24, 2.45) is 27.4 Å². The van der Waals surface area contributed by atoms with Crippen molar-refractivity contribution in [1.29, 1.82) is 5.41 Å². The molecule has 0 aliphatic carbocycles. The van der Waals surface area contributed by atoms with Crippen molar-refractivity contribution in [1.82, 2.24) is 20.4 Å². The summed E-state index contributed by atoms with van der Waals surface area (Å²) in [4.78, 5) is 25.4. The molecule has 3 aliphatic heterocycles. The summed E-state index contributed by atoms with van der Waals surface area (Å²) < 4.78 is 0. The van der Waals surface area contributed by atoms with Crippen molar-refractivity contribution in [3.05, 3.63) is 70.6 Å². The van der Waals surface area contributed by atoms with E-state index in [4.69, 9.17) is 16.9 Å². The molecular formula is C29H43N9O. The summed E-state index contributed by atoms with van der Waals surface area (Å²) >= 11 is 0. The number of allylic oxidation sites excluding steroid dienone is 6. The fourth-order valence-corrected chi connectivity index (χ4v) is 5.04. The van der Waals surface area contributed by atoms with E-state index < -0.39 is 0 Å². The summed E-state index contributed by atoms with van der Waals surface area (Å²) in [7, 11) is 0. The molecule has 210 valence electrons. The molecule has 0 spiro atoms. The van der Waals surface area contributed by atoms with Gasteiger partial charge >= 0.3 is 0 Å². The maximum atomic E-state index is 11.9. The SMILES string of the molecule is CC(=O)N1[C@H](C)CN(CCCN=CC(=CN)C2=CNC3=CC=C(N=C(N)C=C(C=N)C(C)C)NC3=C2)C[C@@H]1C. The lowest BCUT2D eigenvalue weighted by Crippen LogP contribution is -2.58. The van der Waals surface area contributed by atoms with Gasteiger partial charge in [0.25, 0.3) is 0 Å². The second-order valence-electron chi connectivity index (χ2n) is 10.4. The Morgan fingerprint density at radius 2 is 1.95 bits per heavy atom. The molecule has 10 heteroatoms. The topological polar surface area (TPSA) is 148 Å². The molecule has 1 saturated heterocycles. The molecule has 3 aliphatic rings. The number of nitrogens with one attached hydrogen (secondary N) is 3. The van der Waals surface area contributed by atoms with E-state index in [1.54, 1.807) is 19.2 Å². The molecule has 1 amide bonds. The molecule has 3 heterocycles. The number of aliphatic imine (C=N–C) groups is 2. The highest BCUT2D eigenvalue weighted by molar-refractivity contribution is 5.97. The van der Waals surface area contributed by atoms with Gasteiger partial charge in [-0.25, -0.2) is 4.99 Å². The van der Waals surface area contributed by atoms with Crippen molar-refractivity contribution in [2.75, 3.05) is 26.2 Å². The number of piperazine rings is 1. The quantitative estimate of drug-likeness (QED) is 0.166. The first-order valence-electron chi connectivity index (χ1n) is 13.5. The highest BCUT2D eigenvalue weighted by atomic mass is 16.2. The van der Waals surface area contributed by atoms with Crippen molar-refractivity contribution >= 4 is 24.2 Å². The summed E-state index contributed by atoms with van der Waals surface area (Å²) in [6.45, 7) is 13.3. The van der Waals surface area contributed by atoms with Crippen LogP contribution in [0.2, 0.25) is 0 Å². The molecule has 3 rings (SSSR count). The van der Waals surface area contributed by atoms with E-state index >= 15 is 0 Å². The number of nitrogens with two attached hydrogens (primary N) is 2. The molecule has 39 heavy (non-hydrogen) atoms. The molecule has 0 unspecified atom stereocenters. The van der Waals surface area contributed by atoms with Crippen LogP contribution in [-0.4, -0.2) is 72.2 Å². The molecule has 10 nitrogen and oxygen atoms in total. The van der Waals surface area contributed by atoms with Gasteiger partial charge in [-0.2, -0.15) is 0 Å². The first-order chi connectivity index (χ1) is 18.6.